The minimum Gasteiger partial charge on any atom is -0.498 e. The number of phosphoric ester groups is 1. The van der Waals surface area contributed by atoms with E-state index in [9.17, 15) is 14.2 Å². The normalized spacial score (nSPS) is 13.2. The molecule has 0 rings (SSSR count). The van der Waals surface area contributed by atoms with Gasteiger partial charge in [0.2, 0.25) is 0 Å². The van der Waals surface area contributed by atoms with E-state index in [0.717, 1.165) is 44.9 Å². The van der Waals surface area contributed by atoms with E-state index < -0.39 is 26.5 Å². The Morgan fingerprint density at radius 3 is 1.83 bits per heavy atom. The van der Waals surface area contributed by atoms with E-state index in [1.54, 1.807) is 18.4 Å². The van der Waals surface area contributed by atoms with E-state index in [1.165, 1.54) is 70.6 Å². The fourth-order valence-corrected chi connectivity index (χ4v) is 5.18. The van der Waals surface area contributed by atoms with Gasteiger partial charge in [-0.15, -0.1) is 0 Å². The summed E-state index contributed by atoms with van der Waals surface area (Å²) >= 11 is 0. The van der Waals surface area contributed by atoms with E-state index in [4.69, 9.17) is 19.3 Å². The molecule has 276 valence electrons. The standard InChI is InChI=1S/C39H67O8P/c1-3-5-7-8-9-10-11-12-13-17-20-23-26-30-34-45-35-38(36-46-48(42,43)44)47-39(41)33-29-25-22-19-16-14-15-18-21-24-28-32-37(40)31-27-6-4-2/h14-15,19,21-22,24,28,30,32,34,38H,3-13,16-18,20,23,25-27,29,31,33,35-36H2,1-2H3,(H2,42,43,44)/b15-14-,22-19-,24-21-,32-28+,34-30+/t38-/m1/s1. The van der Waals surface area contributed by atoms with Crippen LogP contribution in [0.2, 0.25) is 0 Å². The number of carbonyl (C=O) groups is 2. The smallest absolute Gasteiger partial charge is 0.469 e. The van der Waals surface area contributed by atoms with Gasteiger partial charge in [0.1, 0.15) is 6.61 Å². The molecule has 0 aliphatic heterocycles. The Morgan fingerprint density at radius 2 is 1.19 bits per heavy atom. The lowest BCUT2D eigenvalue weighted by molar-refractivity contribution is -0.153. The third kappa shape index (κ3) is 36.6. The largest absolute Gasteiger partial charge is 0.498 e. The monoisotopic (exact) mass is 694 g/mol. The lowest BCUT2D eigenvalue weighted by Gasteiger charge is -2.17. The highest BCUT2D eigenvalue weighted by molar-refractivity contribution is 7.46. The van der Waals surface area contributed by atoms with Crippen molar-refractivity contribution in [1.82, 2.24) is 0 Å². The van der Waals surface area contributed by atoms with Crippen LogP contribution in [0.15, 0.2) is 60.9 Å². The summed E-state index contributed by atoms with van der Waals surface area (Å²) in [6, 6.07) is 0. The van der Waals surface area contributed by atoms with Crippen molar-refractivity contribution in [2.75, 3.05) is 13.2 Å². The first kappa shape index (κ1) is 45.8. The highest BCUT2D eigenvalue weighted by Crippen LogP contribution is 2.35. The van der Waals surface area contributed by atoms with E-state index in [0.29, 0.717) is 19.3 Å². The molecule has 1 atom stereocenters. The fourth-order valence-electron chi connectivity index (χ4n) is 4.82. The molecule has 0 heterocycles. The highest BCUT2D eigenvalue weighted by atomic mass is 31.2. The van der Waals surface area contributed by atoms with Gasteiger partial charge in [-0.05, 0) is 57.1 Å². The van der Waals surface area contributed by atoms with E-state index in [2.05, 4.69) is 30.5 Å². The van der Waals surface area contributed by atoms with Crippen LogP contribution in [0.3, 0.4) is 0 Å². The van der Waals surface area contributed by atoms with E-state index in [1.807, 2.05) is 30.4 Å². The maximum Gasteiger partial charge on any atom is 0.469 e. The van der Waals surface area contributed by atoms with Crippen molar-refractivity contribution < 1.29 is 37.9 Å². The van der Waals surface area contributed by atoms with Crippen LogP contribution in [-0.4, -0.2) is 40.9 Å². The van der Waals surface area contributed by atoms with Crippen LogP contribution in [0.5, 0.6) is 0 Å². The number of ether oxygens (including phenoxy) is 2. The lowest BCUT2D eigenvalue weighted by atomic mass is 10.0. The third-order valence-electron chi connectivity index (χ3n) is 7.61. The quantitative estimate of drug-likeness (QED) is 0.0130. The van der Waals surface area contributed by atoms with Crippen molar-refractivity contribution in [1.29, 1.82) is 0 Å². The van der Waals surface area contributed by atoms with Gasteiger partial charge in [-0.3, -0.25) is 14.1 Å². The lowest BCUT2D eigenvalue weighted by Crippen LogP contribution is -2.27. The maximum absolute atomic E-state index is 12.3. The summed E-state index contributed by atoms with van der Waals surface area (Å²) in [5.74, 6) is -0.289. The van der Waals surface area contributed by atoms with Crippen molar-refractivity contribution >= 4 is 19.6 Å². The van der Waals surface area contributed by atoms with Gasteiger partial charge in [-0.25, -0.2) is 4.57 Å². The SMILES string of the molecule is CCCCCCCCCCCCCC/C=C/OC[C@H](COP(=O)(O)O)OC(=O)CCC/C=C\C/C=C\C/C=C\C=C\C(=O)CCCCC. The number of esters is 1. The van der Waals surface area contributed by atoms with Crippen molar-refractivity contribution in [3.8, 4) is 0 Å². The van der Waals surface area contributed by atoms with Crippen LogP contribution in [0.4, 0.5) is 0 Å². The molecule has 0 aromatic rings. The molecule has 0 saturated carbocycles. The average Bonchev–Trinajstić information content (AvgIpc) is 3.05. The molecular weight excluding hydrogens is 627 g/mol. The summed E-state index contributed by atoms with van der Waals surface area (Å²) in [4.78, 5) is 42.1. The second-order valence-corrected chi connectivity index (χ2v) is 13.5. The van der Waals surface area contributed by atoms with Crippen LogP contribution >= 0.6 is 7.82 Å². The van der Waals surface area contributed by atoms with E-state index in [-0.39, 0.29) is 18.8 Å². The van der Waals surface area contributed by atoms with Crippen LogP contribution in [-0.2, 0) is 28.2 Å². The molecule has 0 unspecified atom stereocenters. The molecule has 8 nitrogen and oxygen atoms in total. The number of rotatable bonds is 34. The van der Waals surface area contributed by atoms with Crippen molar-refractivity contribution in [3.63, 3.8) is 0 Å². The first-order valence-corrected chi connectivity index (χ1v) is 20.1. The predicted molar refractivity (Wildman–Crippen MR) is 197 cm³/mol. The molecule has 0 saturated heterocycles. The van der Waals surface area contributed by atoms with Crippen LogP contribution in [0, 0.1) is 0 Å². The molecule has 0 aliphatic carbocycles. The topological polar surface area (TPSA) is 119 Å². The molecule has 0 spiro atoms. The zero-order valence-corrected chi connectivity index (χ0v) is 31.0. The Labute approximate surface area is 292 Å². The Balaban J connectivity index is 4.08. The van der Waals surface area contributed by atoms with Gasteiger partial charge in [0.15, 0.2) is 11.9 Å². The van der Waals surface area contributed by atoms with Crippen LogP contribution < -0.4 is 0 Å². The highest BCUT2D eigenvalue weighted by Gasteiger charge is 2.21. The van der Waals surface area contributed by atoms with Gasteiger partial charge in [0.25, 0.3) is 0 Å². The fraction of sp³-hybridized carbons (Fsp3) is 0.692. The summed E-state index contributed by atoms with van der Waals surface area (Å²) < 4.78 is 26.6. The van der Waals surface area contributed by atoms with Gasteiger partial charge in [0, 0.05) is 12.8 Å². The molecule has 2 N–H and O–H groups in total. The molecule has 0 aromatic carbocycles. The average molecular weight is 695 g/mol. The summed E-state index contributed by atoms with van der Waals surface area (Å²) in [7, 11) is -4.70. The third-order valence-corrected chi connectivity index (χ3v) is 8.10. The predicted octanol–water partition coefficient (Wildman–Crippen LogP) is 11.0. The number of hydrogen-bond donors (Lipinski definition) is 2. The molecule has 0 radical (unpaired) electrons. The first-order valence-electron chi connectivity index (χ1n) is 18.6. The Bertz CT molecular complexity index is 963. The van der Waals surface area contributed by atoms with Crippen molar-refractivity contribution in [2.24, 2.45) is 0 Å². The summed E-state index contributed by atoms with van der Waals surface area (Å²) in [6.45, 7) is 3.88. The van der Waals surface area contributed by atoms with Crippen molar-refractivity contribution in [3.05, 3.63) is 60.9 Å². The Kier molecular flexibility index (Phi) is 33.0. The number of allylic oxidation sites excluding steroid dienone is 9. The van der Waals surface area contributed by atoms with Gasteiger partial charge in [-0.2, -0.15) is 0 Å². The number of hydrogen-bond acceptors (Lipinski definition) is 6. The maximum atomic E-state index is 12.3. The molecule has 0 bridgehead atoms. The van der Waals surface area contributed by atoms with Gasteiger partial charge < -0.3 is 19.3 Å². The number of phosphoric acid groups is 1. The molecule has 48 heavy (non-hydrogen) atoms. The molecule has 0 fully saturated rings. The Morgan fingerprint density at radius 1 is 0.625 bits per heavy atom. The summed E-state index contributed by atoms with van der Waals surface area (Å²) in [5.41, 5.74) is 0. The summed E-state index contributed by atoms with van der Waals surface area (Å²) in [5, 5.41) is 0. The zero-order chi connectivity index (χ0) is 35.4. The second kappa shape index (κ2) is 34.6. The summed E-state index contributed by atoms with van der Waals surface area (Å²) in [6.07, 6.45) is 41.4. The zero-order valence-electron chi connectivity index (χ0n) is 30.1. The van der Waals surface area contributed by atoms with Crippen molar-refractivity contribution in [2.45, 2.75) is 161 Å². The second-order valence-electron chi connectivity index (χ2n) is 12.3. The van der Waals surface area contributed by atoms with Crippen LogP contribution in [0.25, 0.3) is 0 Å². The minimum atomic E-state index is -4.70. The molecule has 0 aliphatic rings. The minimum absolute atomic E-state index is 0.0461. The Hall–Kier alpha value is -2.25. The molecule has 0 aromatic heterocycles. The van der Waals surface area contributed by atoms with Crippen LogP contribution in [0.1, 0.15) is 155 Å². The molecular formula is C39H67O8P. The number of carbonyl (C=O) groups excluding carboxylic acids is 2. The first-order chi connectivity index (χ1) is 23.3. The number of unbranched alkanes of at least 4 members (excludes halogenated alkanes) is 15. The molecule has 9 heteroatoms. The van der Waals surface area contributed by atoms with E-state index >= 15 is 0 Å². The molecule has 0 amide bonds. The van der Waals surface area contributed by atoms with Gasteiger partial charge in [0.05, 0.1) is 12.9 Å². The van der Waals surface area contributed by atoms with Gasteiger partial charge in [-0.1, -0.05) is 140 Å². The number of ketones is 1. The van der Waals surface area contributed by atoms with Gasteiger partial charge >= 0.3 is 13.8 Å².